The van der Waals surface area contributed by atoms with Crippen LogP contribution >= 0.6 is 0 Å². The maximum absolute atomic E-state index is 9.40. The predicted molar refractivity (Wildman–Crippen MR) is 117 cm³/mol. The van der Waals surface area contributed by atoms with Gasteiger partial charge < -0.3 is 15.2 Å². The zero-order chi connectivity index (χ0) is 19.9. The Morgan fingerprint density at radius 1 is 0.828 bits per heavy atom. The summed E-state index contributed by atoms with van der Waals surface area (Å²) in [5.74, 6) is 0.674. The number of aromatic hydroxyl groups is 1. The molecule has 0 radical (unpaired) electrons. The summed E-state index contributed by atoms with van der Waals surface area (Å²) >= 11 is 0. The highest BCUT2D eigenvalue weighted by atomic mass is 16.5. The Hall–Kier alpha value is -2.62. The molecule has 1 aliphatic rings. The molecule has 2 atom stereocenters. The van der Waals surface area contributed by atoms with Gasteiger partial charge in [0.15, 0.2) is 0 Å². The first-order valence-electron chi connectivity index (χ1n) is 10.5. The largest absolute Gasteiger partial charge is 0.508 e. The SMILES string of the molecule is Oc1ccc(CN[C@H]2CC[C@@H](CC(c3ccccc3)c3ccccc3)OC2)cc1. The molecule has 1 heterocycles. The summed E-state index contributed by atoms with van der Waals surface area (Å²) in [5.41, 5.74) is 3.89. The quantitative estimate of drug-likeness (QED) is 0.582. The molecule has 3 aromatic rings. The van der Waals surface area contributed by atoms with Crippen LogP contribution < -0.4 is 5.32 Å². The van der Waals surface area contributed by atoms with Gasteiger partial charge in [-0.15, -0.1) is 0 Å². The molecule has 3 nitrogen and oxygen atoms in total. The van der Waals surface area contributed by atoms with Crippen molar-refractivity contribution in [1.82, 2.24) is 5.32 Å². The third-order valence-electron chi connectivity index (χ3n) is 5.80. The molecule has 1 aliphatic heterocycles. The van der Waals surface area contributed by atoms with Crippen LogP contribution in [0.3, 0.4) is 0 Å². The highest BCUT2D eigenvalue weighted by molar-refractivity contribution is 5.32. The van der Waals surface area contributed by atoms with E-state index in [1.54, 1.807) is 12.1 Å². The van der Waals surface area contributed by atoms with Gasteiger partial charge in [-0.05, 0) is 48.1 Å². The van der Waals surface area contributed by atoms with Crippen molar-refractivity contribution in [2.75, 3.05) is 6.61 Å². The van der Waals surface area contributed by atoms with Crippen molar-refractivity contribution < 1.29 is 9.84 Å². The minimum absolute atomic E-state index is 0.284. The average Bonchev–Trinajstić information content (AvgIpc) is 2.79. The molecule has 0 spiro atoms. The highest BCUT2D eigenvalue weighted by Crippen LogP contribution is 2.32. The van der Waals surface area contributed by atoms with E-state index in [0.29, 0.717) is 17.7 Å². The molecule has 0 saturated carbocycles. The third-order valence-corrected chi connectivity index (χ3v) is 5.80. The Morgan fingerprint density at radius 3 is 2.00 bits per heavy atom. The molecule has 0 bridgehead atoms. The molecule has 0 unspecified atom stereocenters. The molecule has 2 N–H and O–H groups in total. The molecule has 1 saturated heterocycles. The van der Waals surface area contributed by atoms with Gasteiger partial charge in [0.25, 0.3) is 0 Å². The number of benzene rings is 3. The number of hydrogen-bond acceptors (Lipinski definition) is 3. The van der Waals surface area contributed by atoms with Gasteiger partial charge >= 0.3 is 0 Å². The smallest absolute Gasteiger partial charge is 0.115 e. The Bertz CT molecular complexity index is 817. The van der Waals surface area contributed by atoms with Crippen LogP contribution in [-0.4, -0.2) is 23.9 Å². The van der Waals surface area contributed by atoms with Crippen molar-refractivity contribution in [1.29, 1.82) is 0 Å². The second-order valence-electron chi connectivity index (χ2n) is 7.89. The summed E-state index contributed by atoms with van der Waals surface area (Å²) in [7, 11) is 0. The van der Waals surface area contributed by atoms with Gasteiger partial charge in [0, 0.05) is 18.5 Å². The van der Waals surface area contributed by atoms with Gasteiger partial charge in [0.1, 0.15) is 5.75 Å². The Morgan fingerprint density at radius 2 is 1.45 bits per heavy atom. The maximum atomic E-state index is 9.40. The molecule has 0 aromatic heterocycles. The van der Waals surface area contributed by atoms with E-state index in [-0.39, 0.29) is 6.10 Å². The number of phenolic OH excluding ortho intramolecular Hbond substituents is 1. The predicted octanol–water partition coefficient (Wildman–Crippen LogP) is 5.25. The lowest BCUT2D eigenvalue weighted by Crippen LogP contribution is -2.39. The van der Waals surface area contributed by atoms with Crippen molar-refractivity contribution >= 4 is 0 Å². The second kappa shape index (κ2) is 9.73. The average molecular weight is 388 g/mol. The summed E-state index contributed by atoms with van der Waals surface area (Å²) in [6.45, 7) is 1.55. The topological polar surface area (TPSA) is 41.5 Å². The van der Waals surface area contributed by atoms with Crippen LogP contribution in [0, 0.1) is 0 Å². The lowest BCUT2D eigenvalue weighted by atomic mass is 9.85. The minimum atomic E-state index is 0.284. The van der Waals surface area contributed by atoms with Gasteiger partial charge in [-0.1, -0.05) is 72.8 Å². The van der Waals surface area contributed by atoms with E-state index in [9.17, 15) is 5.11 Å². The fraction of sp³-hybridized carbons (Fsp3) is 0.308. The summed E-state index contributed by atoms with van der Waals surface area (Å²) < 4.78 is 6.27. The molecular weight excluding hydrogens is 358 g/mol. The number of rotatable bonds is 7. The monoisotopic (exact) mass is 387 g/mol. The standard InChI is InChI=1S/C26H29NO2/c28-24-14-11-20(12-15-24)18-27-23-13-16-25(29-19-23)17-26(21-7-3-1-4-8-21)22-9-5-2-6-10-22/h1-12,14-15,23,25-28H,13,16-19H2/t23-,25-/m0/s1. The highest BCUT2D eigenvalue weighted by Gasteiger charge is 2.25. The lowest BCUT2D eigenvalue weighted by Gasteiger charge is -2.32. The van der Waals surface area contributed by atoms with Crippen LogP contribution in [0.5, 0.6) is 5.75 Å². The van der Waals surface area contributed by atoms with Gasteiger partial charge in [0.05, 0.1) is 12.7 Å². The van der Waals surface area contributed by atoms with Gasteiger partial charge in [-0.2, -0.15) is 0 Å². The Balaban J connectivity index is 1.33. The third kappa shape index (κ3) is 5.47. The molecule has 3 aromatic carbocycles. The summed E-state index contributed by atoms with van der Waals surface area (Å²) in [6, 6.07) is 29.3. The molecule has 29 heavy (non-hydrogen) atoms. The van der Waals surface area contributed by atoms with E-state index in [1.807, 2.05) is 12.1 Å². The number of ether oxygens (including phenoxy) is 1. The van der Waals surface area contributed by atoms with Crippen LogP contribution in [0.2, 0.25) is 0 Å². The van der Waals surface area contributed by atoms with Crippen molar-refractivity contribution in [3.63, 3.8) is 0 Å². The van der Waals surface area contributed by atoms with E-state index >= 15 is 0 Å². The van der Waals surface area contributed by atoms with Crippen LogP contribution in [0.4, 0.5) is 0 Å². The fourth-order valence-electron chi connectivity index (χ4n) is 4.13. The summed E-state index contributed by atoms with van der Waals surface area (Å²) in [6.07, 6.45) is 3.49. The molecule has 0 amide bonds. The minimum Gasteiger partial charge on any atom is -0.508 e. The first kappa shape index (κ1) is 19.7. The first-order chi connectivity index (χ1) is 14.3. The van der Waals surface area contributed by atoms with Gasteiger partial charge in [-0.25, -0.2) is 0 Å². The van der Waals surface area contributed by atoms with E-state index in [2.05, 4.69) is 66.0 Å². The van der Waals surface area contributed by atoms with Crippen molar-refractivity contribution in [2.45, 2.75) is 43.9 Å². The second-order valence-corrected chi connectivity index (χ2v) is 7.89. The van der Waals surface area contributed by atoms with Crippen LogP contribution in [0.1, 0.15) is 41.9 Å². The summed E-state index contributed by atoms with van der Waals surface area (Å²) in [5, 5.41) is 13.0. The van der Waals surface area contributed by atoms with E-state index < -0.39 is 0 Å². The zero-order valence-electron chi connectivity index (χ0n) is 16.7. The summed E-state index contributed by atoms with van der Waals surface area (Å²) in [4.78, 5) is 0. The van der Waals surface area contributed by atoms with E-state index in [1.165, 1.54) is 16.7 Å². The Labute approximate surface area is 173 Å². The van der Waals surface area contributed by atoms with Gasteiger partial charge in [0.2, 0.25) is 0 Å². The van der Waals surface area contributed by atoms with Crippen LogP contribution in [0.25, 0.3) is 0 Å². The van der Waals surface area contributed by atoms with Crippen molar-refractivity contribution in [3.8, 4) is 5.75 Å². The molecule has 3 heteroatoms. The molecule has 4 rings (SSSR count). The number of phenols is 1. The maximum Gasteiger partial charge on any atom is 0.115 e. The first-order valence-corrected chi connectivity index (χ1v) is 10.5. The molecule has 0 aliphatic carbocycles. The number of hydrogen-bond donors (Lipinski definition) is 2. The van der Waals surface area contributed by atoms with E-state index in [4.69, 9.17) is 4.74 Å². The molecule has 1 fully saturated rings. The Kier molecular flexibility index (Phi) is 6.60. The molecule has 150 valence electrons. The number of nitrogens with one attached hydrogen (secondary N) is 1. The van der Waals surface area contributed by atoms with Crippen LogP contribution in [0.15, 0.2) is 84.9 Å². The lowest BCUT2D eigenvalue weighted by molar-refractivity contribution is -0.00924. The molecular formula is C26H29NO2. The van der Waals surface area contributed by atoms with Crippen molar-refractivity contribution in [3.05, 3.63) is 102 Å². The zero-order valence-corrected chi connectivity index (χ0v) is 16.7. The van der Waals surface area contributed by atoms with E-state index in [0.717, 1.165) is 32.4 Å². The fourth-order valence-corrected chi connectivity index (χ4v) is 4.13. The van der Waals surface area contributed by atoms with Gasteiger partial charge in [-0.3, -0.25) is 0 Å². The normalized spacial score (nSPS) is 19.3. The van der Waals surface area contributed by atoms with Crippen molar-refractivity contribution in [2.24, 2.45) is 0 Å². The van der Waals surface area contributed by atoms with Crippen LogP contribution in [-0.2, 0) is 11.3 Å².